The van der Waals surface area contributed by atoms with Crippen LogP contribution in [0.1, 0.15) is 276 Å². The van der Waals surface area contributed by atoms with Crippen LogP contribution in [0.15, 0.2) is 126 Å². The van der Waals surface area contributed by atoms with Gasteiger partial charge in [0.2, 0.25) is 23.5 Å². The number of benzene rings is 4. The number of ether oxygens (including phenoxy) is 4. The lowest BCUT2D eigenvalue weighted by Crippen LogP contribution is -2.44. The minimum absolute atomic E-state index is 0.0481. The number of aliphatic imine (C=N–C) groups is 2. The maximum Gasteiger partial charge on any atom is 0.306 e. The highest BCUT2D eigenvalue weighted by Crippen LogP contribution is 2.52. The summed E-state index contributed by atoms with van der Waals surface area (Å²) in [4.78, 5) is 65.0. The summed E-state index contributed by atoms with van der Waals surface area (Å²) in [6.45, 7) is 18.0. The Morgan fingerprint density at radius 3 is 1.29 bits per heavy atom. The summed E-state index contributed by atoms with van der Waals surface area (Å²) in [6, 6.07) is 32.9. The van der Waals surface area contributed by atoms with Crippen LogP contribution in [0.3, 0.4) is 0 Å². The molecule has 6 aromatic heterocycles. The molecule has 4 aromatic carbocycles. The Balaban J connectivity index is 0.000000122. The summed E-state index contributed by atoms with van der Waals surface area (Å²) in [5, 5.41) is 54.2. The van der Waals surface area contributed by atoms with Crippen molar-refractivity contribution >= 4 is 69.4 Å². The molecule has 10 aromatic rings. The lowest BCUT2D eigenvalue weighted by atomic mass is 9.60. The van der Waals surface area contributed by atoms with Crippen molar-refractivity contribution in [2.45, 2.75) is 261 Å². The Bertz CT molecular complexity index is 5310. The first-order valence-electron chi connectivity index (χ1n) is 43.7. The molecule has 10 heterocycles. The number of aliphatic carboxylic acids is 2. The van der Waals surface area contributed by atoms with Gasteiger partial charge in [0.05, 0.1) is 29.4 Å². The van der Waals surface area contributed by atoms with Crippen LogP contribution >= 0.6 is 0 Å². The number of carbonyl (C=O) groups is 2. The molecule has 0 saturated heterocycles. The normalized spacial score (nSPS) is 24.7. The summed E-state index contributed by atoms with van der Waals surface area (Å²) >= 11 is 0. The Kier molecular flexibility index (Phi) is 24.4. The van der Waals surface area contributed by atoms with E-state index in [-0.39, 0.29) is 29.3 Å². The predicted molar refractivity (Wildman–Crippen MR) is 471 cm³/mol. The first kappa shape index (κ1) is 85.2. The van der Waals surface area contributed by atoms with Crippen LogP contribution < -0.4 is 52.5 Å². The molecular formula is C92H114N24O8. The molecule has 0 radical (unpaired) electrons. The Morgan fingerprint density at radius 2 is 0.863 bits per heavy atom. The van der Waals surface area contributed by atoms with Crippen molar-refractivity contribution in [1.82, 2.24) is 81.1 Å². The van der Waals surface area contributed by atoms with Crippen LogP contribution in [0.2, 0.25) is 0 Å². The smallest absolute Gasteiger partial charge is 0.306 e. The molecule has 0 amide bonds. The van der Waals surface area contributed by atoms with Crippen molar-refractivity contribution in [3.8, 4) is 23.5 Å². The zero-order chi connectivity index (χ0) is 86.8. The van der Waals surface area contributed by atoms with E-state index >= 15 is 0 Å². The predicted octanol–water partition coefficient (Wildman–Crippen LogP) is 15.8. The molecule has 4 saturated carbocycles. The molecule has 5 aliphatic carbocycles. The van der Waals surface area contributed by atoms with Crippen molar-refractivity contribution in [1.29, 1.82) is 0 Å². The monoisotopic (exact) mass is 1680 g/mol. The number of carboxylic acids is 2. The number of hydrogen-bond acceptors (Lipinski definition) is 28. The molecule has 32 heteroatoms. The third kappa shape index (κ3) is 18.6. The Morgan fingerprint density at radius 1 is 0.460 bits per heavy atom. The second-order valence-corrected chi connectivity index (χ2v) is 37.2. The van der Waals surface area contributed by atoms with Crippen molar-refractivity contribution in [2.75, 3.05) is 33.6 Å². The van der Waals surface area contributed by atoms with E-state index in [0.29, 0.717) is 111 Å². The second kappa shape index (κ2) is 35.5. The molecule has 4 fully saturated rings. The SMILES string of the molecule is CC(C(=O)O)C1CCC(c2ccc(C3=Nc4c(N)ncnc4OC3(C)C)cc2)CC1.CC1(C)Oc2ncnc(N)c2N=C1c1ccc2c(c1)CCCC21CCC(CC(=O)O)CC1.CC1(C)Oc2ncnc(N)c2NC1c1ccc(C2CCC(Cc3nn[nH]n3)CC2)cc1.CC1(C)Oc2ncnc(N)c2NC1c1ccc(C2CCC(Cc3nn[nH]n3)CC2)cc1. The number of H-pyrrole nitrogens is 2. The van der Waals surface area contributed by atoms with Gasteiger partial charge < -0.3 is 62.7 Å². The number of tetrazole rings is 2. The van der Waals surface area contributed by atoms with Crippen LogP contribution in [-0.2, 0) is 34.3 Å². The summed E-state index contributed by atoms with van der Waals surface area (Å²) in [5.74, 6) is 6.82. The minimum atomic E-state index is -0.687. The molecule has 32 nitrogen and oxygen atoms in total. The van der Waals surface area contributed by atoms with E-state index in [1.165, 1.54) is 111 Å². The molecule has 650 valence electrons. The summed E-state index contributed by atoms with van der Waals surface area (Å²) in [6.07, 6.45) is 28.9. The van der Waals surface area contributed by atoms with E-state index < -0.39 is 34.3 Å². The number of nitrogens with one attached hydrogen (secondary N) is 4. The number of aryl methyl sites for hydroxylation is 1. The van der Waals surface area contributed by atoms with E-state index in [4.69, 9.17) is 57.0 Å². The topological polar surface area (TPSA) is 476 Å². The summed E-state index contributed by atoms with van der Waals surface area (Å²) in [7, 11) is 0. The van der Waals surface area contributed by atoms with Crippen molar-refractivity contribution in [3.63, 3.8) is 0 Å². The van der Waals surface area contributed by atoms with Crippen LogP contribution in [0.4, 0.5) is 46.0 Å². The number of nitrogens with zero attached hydrogens (tertiary/aromatic N) is 16. The number of nitrogens with two attached hydrogens (primary N) is 4. The maximum atomic E-state index is 11.3. The van der Waals surface area contributed by atoms with Gasteiger partial charge >= 0.3 is 11.9 Å². The lowest BCUT2D eigenvalue weighted by Gasteiger charge is -2.44. The minimum Gasteiger partial charge on any atom is -0.481 e. The Hall–Kier alpha value is -12.4. The van der Waals surface area contributed by atoms with Gasteiger partial charge in [0, 0.05) is 30.4 Å². The van der Waals surface area contributed by atoms with Crippen LogP contribution in [0.5, 0.6) is 23.5 Å². The number of aromatic amines is 2. The van der Waals surface area contributed by atoms with Gasteiger partial charge in [0.25, 0.3) is 0 Å². The van der Waals surface area contributed by atoms with Gasteiger partial charge in [0.15, 0.2) is 46.3 Å². The molecule has 3 unspecified atom stereocenters. The molecule has 14 N–H and O–H groups in total. The molecular weight excluding hydrogens is 1570 g/mol. The average molecular weight is 1680 g/mol. The molecule has 0 bridgehead atoms. The zero-order valence-electron chi connectivity index (χ0n) is 72.1. The number of rotatable bonds is 15. The number of hydrogen-bond donors (Lipinski definition) is 10. The Labute approximate surface area is 721 Å². The van der Waals surface area contributed by atoms with Crippen molar-refractivity contribution in [2.24, 2.45) is 39.6 Å². The highest BCUT2D eigenvalue weighted by Gasteiger charge is 2.45. The van der Waals surface area contributed by atoms with Gasteiger partial charge in [-0.25, -0.2) is 29.9 Å². The van der Waals surface area contributed by atoms with Crippen LogP contribution in [-0.4, -0.2) is 137 Å². The fourth-order valence-corrected chi connectivity index (χ4v) is 20.3. The van der Waals surface area contributed by atoms with Crippen LogP contribution in [0.25, 0.3) is 0 Å². The summed E-state index contributed by atoms with van der Waals surface area (Å²) in [5.41, 5.74) is 37.2. The van der Waals surface area contributed by atoms with Gasteiger partial charge in [-0.05, 0) is 269 Å². The van der Waals surface area contributed by atoms with E-state index in [2.05, 4.69) is 210 Å². The molecule has 9 aliphatic rings. The first-order chi connectivity index (χ1) is 59.5. The highest BCUT2D eigenvalue weighted by molar-refractivity contribution is 6.10. The van der Waals surface area contributed by atoms with Gasteiger partial charge in [-0.3, -0.25) is 9.59 Å². The highest BCUT2D eigenvalue weighted by atomic mass is 16.5. The molecule has 124 heavy (non-hydrogen) atoms. The third-order valence-electron chi connectivity index (χ3n) is 27.3. The molecule has 4 aliphatic heterocycles. The van der Waals surface area contributed by atoms with Crippen molar-refractivity contribution in [3.05, 3.63) is 178 Å². The molecule has 1 spiro atoms. The molecule has 3 atom stereocenters. The number of nitrogen functional groups attached to an aromatic ring is 4. The lowest BCUT2D eigenvalue weighted by molar-refractivity contribution is -0.143. The number of carboxylic acid groups (broad SMARTS) is 2. The quantitative estimate of drug-likeness (QED) is 0.0456. The fourth-order valence-electron chi connectivity index (χ4n) is 20.3. The van der Waals surface area contributed by atoms with Crippen molar-refractivity contribution < 1.29 is 38.7 Å². The third-order valence-corrected chi connectivity index (χ3v) is 27.3. The van der Waals surface area contributed by atoms with Gasteiger partial charge in [-0.15, -0.1) is 20.4 Å². The standard InChI is InChI=1S/C25H30N4O3.C23H28N4O3.2C22H28N8O/c1-24(2)21(29-20-22(26)27-14-28-23(20)32-24)17-5-6-18-16(13-17)4-3-9-25(18)10-7-15(8-11-25)12-19(30)31;1-13(22(28)29)14-4-6-15(7-5-14)16-8-10-17(11-9-16)19-23(2,3)30-21-18(27-19)20(24)25-12-26-21;2*1-22(2)19(26-18-20(23)24-12-25-21(18)31-22)16-9-7-15(8-10-16)14-5-3-13(4-6-14)11-17-27-29-30-28-17/h5-6,13-15H,3-4,7-12H2,1-2H3,(H,30,31)(H2,26,27,28);8-15H,4-7H2,1-3H3,(H,28,29)(H2,24,25,26);2*7-10,12-14,19,26H,3-6,11H2,1-2H3,(H2,23,24,25)(H,27,28,29,30). The number of anilines is 6. The molecule has 19 rings (SSSR count). The second-order valence-electron chi connectivity index (χ2n) is 37.2. The van der Waals surface area contributed by atoms with E-state index in [1.807, 2.05) is 34.6 Å². The van der Waals surface area contributed by atoms with Gasteiger partial charge in [-0.1, -0.05) is 102 Å². The maximum absolute atomic E-state index is 11.3. The number of aromatic nitrogens is 16. The van der Waals surface area contributed by atoms with E-state index in [1.54, 1.807) is 0 Å². The summed E-state index contributed by atoms with van der Waals surface area (Å²) < 4.78 is 24.5. The first-order valence-corrected chi connectivity index (χ1v) is 43.7. The number of fused-ring (bicyclic) bond motifs is 6. The van der Waals surface area contributed by atoms with Gasteiger partial charge in [-0.2, -0.15) is 30.4 Å². The zero-order valence-corrected chi connectivity index (χ0v) is 72.1. The van der Waals surface area contributed by atoms with Gasteiger partial charge in [0.1, 0.15) is 59.1 Å². The van der Waals surface area contributed by atoms with E-state index in [9.17, 15) is 14.7 Å². The average Bonchev–Trinajstić information content (AvgIpc) is 0.793. The fraction of sp³-hybridized carbons (Fsp3) is 0.500. The van der Waals surface area contributed by atoms with Crippen LogP contribution in [0, 0.1) is 29.6 Å². The van der Waals surface area contributed by atoms with E-state index in [0.717, 1.165) is 122 Å². The largest absolute Gasteiger partial charge is 0.481 e.